The number of amides is 2. The molecule has 2 saturated heterocycles. The number of hydrogen-bond donors (Lipinski definition) is 1. The van der Waals surface area contributed by atoms with Gasteiger partial charge in [-0.3, -0.25) is 9.59 Å². The number of nitrogens with one attached hydrogen (secondary N) is 1. The lowest BCUT2D eigenvalue weighted by Gasteiger charge is -2.33. The van der Waals surface area contributed by atoms with Gasteiger partial charge in [0.25, 0.3) is 0 Å². The molecule has 2 amide bonds. The molecule has 0 aromatic carbocycles. The Hall–Kier alpha value is -2.02. The van der Waals surface area contributed by atoms with Crippen LogP contribution in [-0.2, 0) is 22.6 Å². The standard InChI is InChI=1S/C21H31N5O2/c1-21(2,3)26-13-15(9-18(26)27)20(28)25-8-6-17-16(12-25)11-23-19(24-17)14-5-4-7-22-10-14/h11,14-15,22H,4-10,12-13H2,1-3H3/t14-,15-/m0/s1. The zero-order valence-corrected chi connectivity index (χ0v) is 17.2. The second-order valence-electron chi connectivity index (χ2n) is 9.33. The van der Waals surface area contributed by atoms with Crippen LogP contribution in [0.4, 0.5) is 0 Å². The summed E-state index contributed by atoms with van der Waals surface area (Å²) in [4.78, 5) is 38.5. The monoisotopic (exact) mass is 385 g/mol. The zero-order chi connectivity index (χ0) is 19.9. The summed E-state index contributed by atoms with van der Waals surface area (Å²) in [7, 11) is 0. The predicted molar refractivity (Wildman–Crippen MR) is 106 cm³/mol. The molecule has 2 atom stereocenters. The SMILES string of the molecule is CC(C)(C)N1C[C@@H](C(=O)N2CCc3nc([C@H]4CCCNC4)ncc3C2)CC1=O. The first kappa shape index (κ1) is 19.3. The molecular formula is C21H31N5O2. The van der Waals surface area contributed by atoms with E-state index in [2.05, 4.69) is 10.3 Å². The van der Waals surface area contributed by atoms with Gasteiger partial charge >= 0.3 is 0 Å². The van der Waals surface area contributed by atoms with E-state index in [4.69, 9.17) is 4.98 Å². The molecule has 0 unspecified atom stereocenters. The van der Waals surface area contributed by atoms with Crippen molar-refractivity contribution in [2.75, 3.05) is 26.2 Å². The summed E-state index contributed by atoms with van der Waals surface area (Å²) in [5, 5.41) is 3.42. The second kappa shape index (κ2) is 7.43. The van der Waals surface area contributed by atoms with Crippen molar-refractivity contribution in [3.63, 3.8) is 0 Å². The fourth-order valence-corrected chi connectivity index (χ4v) is 4.57. The van der Waals surface area contributed by atoms with Crippen LogP contribution >= 0.6 is 0 Å². The van der Waals surface area contributed by atoms with E-state index in [1.165, 1.54) is 6.42 Å². The first-order valence-corrected chi connectivity index (χ1v) is 10.5. The first-order chi connectivity index (χ1) is 13.3. The lowest BCUT2D eigenvalue weighted by molar-refractivity contribution is -0.136. The van der Waals surface area contributed by atoms with E-state index in [1.807, 2.05) is 36.8 Å². The van der Waals surface area contributed by atoms with Gasteiger partial charge in [-0.25, -0.2) is 9.97 Å². The minimum Gasteiger partial charge on any atom is -0.338 e. The van der Waals surface area contributed by atoms with E-state index in [0.29, 0.717) is 32.0 Å². The number of hydrogen-bond acceptors (Lipinski definition) is 5. The van der Waals surface area contributed by atoms with Gasteiger partial charge in [-0.1, -0.05) is 0 Å². The highest BCUT2D eigenvalue weighted by Gasteiger charge is 2.41. The summed E-state index contributed by atoms with van der Waals surface area (Å²) in [6.07, 6.45) is 5.30. The van der Waals surface area contributed by atoms with Gasteiger partial charge in [0, 0.05) is 62.2 Å². The molecular weight excluding hydrogens is 354 g/mol. The smallest absolute Gasteiger partial charge is 0.228 e. The molecule has 0 spiro atoms. The molecule has 7 nitrogen and oxygen atoms in total. The normalized spacial score (nSPS) is 25.8. The maximum absolute atomic E-state index is 13.0. The summed E-state index contributed by atoms with van der Waals surface area (Å²) in [5.74, 6) is 1.27. The average molecular weight is 386 g/mol. The molecule has 152 valence electrons. The molecule has 0 radical (unpaired) electrons. The van der Waals surface area contributed by atoms with E-state index < -0.39 is 0 Å². The Morgan fingerprint density at radius 3 is 2.82 bits per heavy atom. The molecule has 1 aromatic heterocycles. The van der Waals surface area contributed by atoms with Gasteiger partial charge in [-0.2, -0.15) is 0 Å². The second-order valence-corrected chi connectivity index (χ2v) is 9.33. The number of carbonyl (C=O) groups is 2. The third-order valence-electron chi connectivity index (χ3n) is 6.21. The van der Waals surface area contributed by atoms with Gasteiger partial charge in [0.05, 0.1) is 11.6 Å². The van der Waals surface area contributed by atoms with Gasteiger partial charge < -0.3 is 15.1 Å². The highest BCUT2D eigenvalue weighted by molar-refractivity contribution is 5.89. The van der Waals surface area contributed by atoms with Crippen molar-refractivity contribution in [2.45, 2.75) is 64.5 Å². The third-order valence-corrected chi connectivity index (χ3v) is 6.21. The van der Waals surface area contributed by atoms with Gasteiger partial charge in [-0.05, 0) is 40.2 Å². The van der Waals surface area contributed by atoms with Gasteiger partial charge in [0.1, 0.15) is 5.82 Å². The zero-order valence-electron chi connectivity index (χ0n) is 17.2. The molecule has 4 heterocycles. The van der Waals surface area contributed by atoms with Crippen molar-refractivity contribution in [3.8, 4) is 0 Å². The molecule has 4 rings (SSSR count). The van der Waals surface area contributed by atoms with Crippen molar-refractivity contribution in [1.29, 1.82) is 0 Å². The Bertz CT molecular complexity index is 767. The molecule has 3 aliphatic rings. The van der Waals surface area contributed by atoms with Crippen LogP contribution in [0.2, 0.25) is 0 Å². The molecule has 1 aromatic rings. The summed E-state index contributed by atoms with van der Waals surface area (Å²) in [6.45, 7) is 9.83. The quantitative estimate of drug-likeness (QED) is 0.834. The van der Waals surface area contributed by atoms with Crippen molar-refractivity contribution >= 4 is 11.8 Å². The summed E-state index contributed by atoms with van der Waals surface area (Å²) in [5.41, 5.74) is 1.89. The number of fused-ring (bicyclic) bond motifs is 1. The fourth-order valence-electron chi connectivity index (χ4n) is 4.57. The fraction of sp³-hybridized carbons (Fsp3) is 0.714. The molecule has 3 aliphatic heterocycles. The maximum Gasteiger partial charge on any atom is 0.228 e. The van der Waals surface area contributed by atoms with Gasteiger partial charge in [0.15, 0.2) is 0 Å². The predicted octanol–water partition coefficient (Wildman–Crippen LogP) is 1.48. The van der Waals surface area contributed by atoms with Crippen molar-refractivity contribution in [1.82, 2.24) is 25.1 Å². The van der Waals surface area contributed by atoms with Crippen LogP contribution in [0, 0.1) is 5.92 Å². The van der Waals surface area contributed by atoms with Crippen LogP contribution in [-0.4, -0.2) is 63.3 Å². The van der Waals surface area contributed by atoms with E-state index >= 15 is 0 Å². The number of piperidine rings is 1. The molecule has 0 aliphatic carbocycles. The minimum absolute atomic E-state index is 0.0809. The average Bonchev–Trinajstić information content (AvgIpc) is 3.09. The topological polar surface area (TPSA) is 78.4 Å². The first-order valence-electron chi connectivity index (χ1n) is 10.5. The third kappa shape index (κ3) is 3.77. The Balaban J connectivity index is 1.43. The Kier molecular flexibility index (Phi) is 5.12. The van der Waals surface area contributed by atoms with Gasteiger partial charge in [-0.15, -0.1) is 0 Å². The number of nitrogens with zero attached hydrogens (tertiary/aromatic N) is 4. The van der Waals surface area contributed by atoms with E-state index in [1.54, 1.807) is 0 Å². The van der Waals surface area contributed by atoms with Crippen molar-refractivity contribution in [2.24, 2.45) is 5.92 Å². The van der Waals surface area contributed by atoms with E-state index in [-0.39, 0.29) is 23.3 Å². The summed E-state index contributed by atoms with van der Waals surface area (Å²) in [6, 6.07) is 0. The van der Waals surface area contributed by atoms with Crippen LogP contribution in [0.1, 0.15) is 63.0 Å². The number of likely N-dealkylation sites (tertiary alicyclic amines) is 1. The van der Waals surface area contributed by atoms with Crippen LogP contribution in [0.5, 0.6) is 0 Å². The van der Waals surface area contributed by atoms with Crippen molar-refractivity contribution < 1.29 is 9.59 Å². The van der Waals surface area contributed by atoms with E-state index in [9.17, 15) is 9.59 Å². The maximum atomic E-state index is 13.0. The lowest BCUT2D eigenvalue weighted by atomic mass is 9.97. The Morgan fingerprint density at radius 1 is 1.32 bits per heavy atom. The number of carbonyl (C=O) groups excluding carboxylic acids is 2. The molecule has 7 heteroatoms. The highest BCUT2D eigenvalue weighted by Crippen LogP contribution is 2.29. The van der Waals surface area contributed by atoms with Crippen LogP contribution in [0.25, 0.3) is 0 Å². The Labute approximate surface area is 166 Å². The molecule has 1 N–H and O–H groups in total. The van der Waals surface area contributed by atoms with Crippen LogP contribution in [0.15, 0.2) is 6.20 Å². The molecule has 2 fully saturated rings. The number of aromatic nitrogens is 2. The molecule has 0 bridgehead atoms. The number of rotatable bonds is 2. The largest absolute Gasteiger partial charge is 0.338 e. The summed E-state index contributed by atoms with van der Waals surface area (Å²) >= 11 is 0. The Morgan fingerprint density at radius 2 is 2.14 bits per heavy atom. The lowest BCUT2D eigenvalue weighted by Crippen LogP contribution is -2.44. The van der Waals surface area contributed by atoms with Crippen molar-refractivity contribution in [3.05, 3.63) is 23.3 Å². The van der Waals surface area contributed by atoms with Crippen LogP contribution < -0.4 is 5.32 Å². The summed E-state index contributed by atoms with van der Waals surface area (Å²) < 4.78 is 0. The highest BCUT2D eigenvalue weighted by atomic mass is 16.2. The minimum atomic E-state index is -0.237. The van der Waals surface area contributed by atoms with Crippen LogP contribution in [0.3, 0.4) is 0 Å². The molecule has 28 heavy (non-hydrogen) atoms. The van der Waals surface area contributed by atoms with E-state index in [0.717, 1.165) is 43.0 Å². The molecule has 0 saturated carbocycles. The van der Waals surface area contributed by atoms with Gasteiger partial charge in [0.2, 0.25) is 11.8 Å².